The van der Waals surface area contributed by atoms with Crippen LogP contribution in [0.1, 0.15) is 84.0 Å². The van der Waals surface area contributed by atoms with Crippen LogP contribution in [0.5, 0.6) is 0 Å². The quantitative estimate of drug-likeness (QED) is 0.555. The van der Waals surface area contributed by atoms with Crippen LogP contribution in [0, 0.1) is 0 Å². The molecule has 0 radical (unpaired) electrons. The lowest BCUT2D eigenvalue weighted by atomic mass is 10.0. The molecule has 0 aromatic carbocycles. The number of carbonyl (C=O) groups excluding carboxylic acids is 2. The van der Waals surface area contributed by atoms with Crippen molar-refractivity contribution in [2.75, 3.05) is 0 Å². The van der Waals surface area contributed by atoms with Crippen molar-refractivity contribution in [3.8, 4) is 0 Å². The summed E-state index contributed by atoms with van der Waals surface area (Å²) in [7, 11) is 0. The van der Waals surface area contributed by atoms with E-state index in [9.17, 15) is 9.59 Å². The van der Waals surface area contributed by atoms with E-state index in [1.165, 1.54) is 0 Å². The molecule has 0 saturated heterocycles. The van der Waals surface area contributed by atoms with Crippen LogP contribution in [0.15, 0.2) is 12.2 Å². The SMILES string of the molecule is CCCCC[C@H]1/C=C\C(=O)CCCCCCCCC(=O)O1. The highest BCUT2D eigenvalue weighted by atomic mass is 16.5. The van der Waals surface area contributed by atoms with E-state index in [4.69, 9.17) is 4.74 Å². The molecule has 0 amide bonds. The number of ether oxygens (including phenoxy) is 1. The first-order valence-electron chi connectivity index (χ1n) is 8.63. The fraction of sp³-hybridized carbons (Fsp3) is 0.778. The maximum Gasteiger partial charge on any atom is 0.306 e. The number of rotatable bonds is 4. The second kappa shape index (κ2) is 11.5. The molecule has 0 aromatic rings. The number of esters is 1. The molecule has 3 heteroatoms. The van der Waals surface area contributed by atoms with Crippen molar-refractivity contribution in [3.63, 3.8) is 0 Å². The zero-order chi connectivity index (χ0) is 15.3. The molecule has 1 rings (SSSR count). The summed E-state index contributed by atoms with van der Waals surface area (Å²) in [5.74, 6) is 0.0363. The molecule has 0 aromatic heterocycles. The molecule has 1 aliphatic heterocycles. The number of carbonyl (C=O) groups is 2. The van der Waals surface area contributed by atoms with Gasteiger partial charge in [0, 0.05) is 12.8 Å². The first-order valence-corrected chi connectivity index (χ1v) is 8.63. The highest BCUT2D eigenvalue weighted by molar-refractivity contribution is 5.89. The van der Waals surface area contributed by atoms with Crippen LogP contribution in [0.3, 0.4) is 0 Å². The van der Waals surface area contributed by atoms with Gasteiger partial charge in [-0.25, -0.2) is 0 Å². The smallest absolute Gasteiger partial charge is 0.306 e. The third kappa shape index (κ3) is 9.43. The van der Waals surface area contributed by atoms with E-state index in [0.29, 0.717) is 12.8 Å². The lowest BCUT2D eigenvalue weighted by molar-refractivity contribution is -0.147. The summed E-state index contributed by atoms with van der Waals surface area (Å²) in [6.45, 7) is 2.15. The molecule has 0 saturated carbocycles. The lowest BCUT2D eigenvalue weighted by Gasteiger charge is -2.14. The first kappa shape index (κ1) is 17.9. The largest absolute Gasteiger partial charge is 0.458 e. The Morgan fingerprint density at radius 3 is 2.38 bits per heavy atom. The Labute approximate surface area is 129 Å². The summed E-state index contributed by atoms with van der Waals surface area (Å²) in [6, 6.07) is 0. The van der Waals surface area contributed by atoms with Gasteiger partial charge in [0.2, 0.25) is 0 Å². The minimum Gasteiger partial charge on any atom is -0.458 e. The molecule has 0 N–H and O–H groups in total. The van der Waals surface area contributed by atoms with E-state index in [1.54, 1.807) is 12.2 Å². The van der Waals surface area contributed by atoms with Crippen LogP contribution >= 0.6 is 0 Å². The number of ketones is 1. The van der Waals surface area contributed by atoms with E-state index in [-0.39, 0.29) is 17.9 Å². The summed E-state index contributed by atoms with van der Waals surface area (Å²) in [4.78, 5) is 23.6. The number of cyclic esters (lactones) is 1. The van der Waals surface area contributed by atoms with E-state index in [1.807, 2.05) is 0 Å². The van der Waals surface area contributed by atoms with Crippen LogP contribution in [-0.4, -0.2) is 17.9 Å². The Balaban J connectivity index is 2.55. The van der Waals surface area contributed by atoms with Gasteiger partial charge in [-0.15, -0.1) is 0 Å². The molecule has 1 heterocycles. The van der Waals surface area contributed by atoms with Crippen LogP contribution < -0.4 is 0 Å². The molecular weight excluding hydrogens is 264 g/mol. The van der Waals surface area contributed by atoms with Crippen molar-refractivity contribution in [3.05, 3.63) is 12.2 Å². The summed E-state index contributed by atoms with van der Waals surface area (Å²) < 4.78 is 5.51. The zero-order valence-corrected chi connectivity index (χ0v) is 13.4. The summed E-state index contributed by atoms with van der Waals surface area (Å²) >= 11 is 0. The van der Waals surface area contributed by atoms with Gasteiger partial charge in [-0.05, 0) is 37.8 Å². The standard InChI is InChI=1S/C18H30O3/c1-2-3-8-12-17-15-14-16(19)11-9-6-4-5-7-10-13-18(20)21-17/h14-15,17H,2-13H2,1H3/b15-14-/t17-/m0/s1. The number of hydrogen-bond acceptors (Lipinski definition) is 3. The molecule has 1 atom stereocenters. The van der Waals surface area contributed by atoms with Gasteiger partial charge in [0.15, 0.2) is 5.78 Å². The summed E-state index contributed by atoms with van der Waals surface area (Å²) in [5, 5.41) is 0. The molecule has 0 unspecified atom stereocenters. The minimum atomic E-state index is -0.226. The van der Waals surface area contributed by atoms with Crippen LogP contribution in [0.4, 0.5) is 0 Å². The molecule has 0 spiro atoms. The molecule has 0 bridgehead atoms. The highest BCUT2D eigenvalue weighted by Gasteiger charge is 2.12. The van der Waals surface area contributed by atoms with E-state index in [0.717, 1.165) is 64.2 Å². The van der Waals surface area contributed by atoms with Crippen LogP contribution in [0.2, 0.25) is 0 Å². The highest BCUT2D eigenvalue weighted by Crippen LogP contribution is 2.14. The van der Waals surface area contributed by atoms with Gasteiger partial charge in [-0.1, -0.05) is 45.4 Å². The Kier molecular flexibility index (Phi) is 9.84. The lowest BCUT2D eigenvalue weighted by Crippen LogP contribution is -2.16. The van der Waals surface area contributed by atoms with Crippen LogP contribution in [0.25, 0.3) is 0 Å². The first-order chi connectivity index (χ1) is 10.2. The molecule has 21 heavy (non-hydrogen) atoms. The van der Waals surface area contributed by atoms with E-state index >= 15 is 0 Å². The predicted octanol–water partition coefficient (Wildman–Crippen LogP) is 4.74. The predicted molar refractivity (Wildman–Crippen MR) is 85.1 cm³/mol. The molecule has 1 aliphatic rings. The topological polar surface area (TPSA) is 43.4 Å². The Morgan fingerprint density at radius 1 is 1.00 bits per heavy atom. The van der Waals surface area contributed by atoms with Crippen molar-refractivity contribution in [1.29, 1.82) is 0 Å². The van der Waals surface area contributed by atoms with Crippen molar-refractivity contribution in [2.24, 2.45) is 0 Å². The third-order valence-corrected chi connectivity index (χ3v) is 3.93. The molecule has 0 aliphatic carbocycles. The maximum atomic E-state index is 11.8. The average Bonchev–Trinajstić information content (AvgIpc) is 2.46. The summed E-state index contributed by atoms with van der Waals surface area (Å²) in [5.41, 5.74) is 0. The van der Waals surface area contributed by atoms with Gasteiger partial charge in [0.25, 0.3) is 0 Å². The Hall–Kier alpha value is -1.12. The third-order valence-electron chi connectivity index (χ3n) is 3.93. The van der Waals surface area contributed by atoms with Gasteiger partial charge in [0.05, 0.1) is 0 Å². The van der Waals surface area contributed by atoms with Gasteiger partial charge in [0.1, 0.15) is 6.10 Å². The molecule has 0 fully saturated rings. The Morgan fingerprint density at radius 2 is 1.67 bits per heavy atom. The minimum absolute atomic E-state index is 0.120. The fourth-order valence-corrected chi connectivity index (χ4v) is 2.59. The van der Waals surface area contributed by atoms with Crippen LogP contribution in [-0.2, 0) is 14.3 Å². The number of hydrogen-bond donors (Lipinski definition) is 0. The summed E-state index contributed by atoms with van der Waals surface area (Å²) in [6.07, 6.45) is 14.8. The Bertz CT molecular complexity index is 333. The molecular formula is C18H30O3. The average molecular weight is 294 g/mol. The van der Waals surface area contributed by atoms with E-state index < -0.39 is 0 Å². The monoisotopic (exact) mass is 294 g/mol. The maximum absolute atomic E-state index is 11.8. The van der Waals surface area contributed by atoms with Gasteiger partial charge in [-0.2, -0.15) is 0 Å². The zero-order valence-electron chi connectivity index (χ0n) is 13.4. The van der Waals surface area contributed by atoms with Gasteiger partial charge >= 0.3 is 5.97 Å². The van der Waals surface area contributed by atoms with Gasteiger partial charge < -0.3 is 4.74 Å². The molecule has 3 nitrogen and oxygen atoms in total. The van der Waals surface area contributed by atoms with Gasteiger partial charge in [-0.3, -0.25) is 9.59 Å². The van der Waals surface area contributed by atoms with E-state index in [2.05, 4.69) is 6.92 Å². The second-order valence-electron chi connectivity index (χ2n) is 5.97. The van der Waals surface area contributed by atoms with Crippen molar-refractivity contribution in [2.45, 2.75) is 90.1 Å². The normalized spacial score (nSPS) is 24.1. The number of allylic oxidation sites excluding steroid dienone is 1. The fourth-order valence-electron chi connectivity index (χ4n) is 2.59. The number of unbranched alkanes of at least 4 members (excludes halogenated alkanes) is 2. The van der Waals surface area contributed by atoms with Crippen molar-refractivity contribution < 1.29 is 14.3 Å². The molecule has 120 valence electrons. The van der Waals surface area contributed by atoms with Crippen molar-refractivity contribution >= 4 is 11.8 Å². The van der Waals surface area contributed by atoms with Crippen molar-refractivity contribution in [1.82, 2.24) is 0 Å². The second-order valence-corrected chi connectivity index (χ2v) is 5.97.